The first-order valence-corrected chi connectivity index (χ1v) is 10.9. The Labute approximate surface area is 171 Å². The van der Waals surface area contributed by atoms with E-state index in [9.17, 15) is 4.79 Å². The third kappa shape index (κ3) is 6.15. The van der Waals surface area contributed by atoms with E-state index >= 15 is 0 Å². The van der Waals surface area contributed by atoms with E-state index in [0.717, 1.165) is 29.4 Å². The highest BCUT2D eigenvalue weighted by Gasteiger charge is 2.21. The van der Waals surface area contributed by atoms with Crippen LogP contribution in [-0.2, 0) is 16.1 Å². The van der Waals surface area contributed by atoms with Gasteiger partial charge < -0.3 is 10.1 Å². The Balaban J connectivity index is 1.41. The van der Waals surface area contributed by atoms with Crippen molar-refractivity contribution in [3.8, 4) is 0 Å². The minimum absolute atomic E-state index is 0.00205. The lowest BCUT2D eigenvalue weighted by atomic mass is 10.2. The summed E-state index contributed by atoms with van der Waals surface area (Å²) in [4.78, 5) is 14.3. The summed E-state index contributed by atoms with van der Waals surface area (Å²) in [6.07, 6.45) is 0.00205. The molecule has 8 heteroatoms. The molecule has 1 fully saturated rings. The van der Waals surface area contributed by atoms with E-state index in [2.05, 4.69) is 10.2 Å². The molecule has 3 rings (SSSR count). The van der Waals surface area contributed by atoms with Crippen molar-refractivity contribution < 1.29 is 9.53 Å². The van der Waals surface area contributed by atoms with Gasteiger partial charge in [0.2, 0.25) is 5.91 Å². The van der Waals surface area contributed by atoms with Crippen LogP contribution in [0.3, 0.4) is 0 Å². The number of thioether (sulfide) groups is 1. The van der Waals surface area contributed by atoms with Gasteiger partial charge in [0.1, 0.15) is 0 Å². The summed E-state index contributed by atoms with van der Waals surface area (Å²) in [6, 6.07) is 9.72. The quantitative estimate of drug-likeness (QED) is 0.669. The van der Waals surface area contributed by atoms with Crippen molar-refractivity contribution in [3.05, 3.63) is 51.3 Å². The average Bonchev–Trinajstić information content (AvgIpc) is 3.15. The number of ether oxygens (including phenoxy) is 1. The summed E-state index contributed by atoms with van der Waals surface area (Å²) in [6.45, 7) is 3.62. The van der Waals surface area contributed by atoms with Gasteiger partial charge >= 0.3 is 0 Å². The normalized spacial score (nSPS) is 18.0. The zero-order valence-electron chi connectivity index (χ0n) is 14.1. The summed E-state index contributed by atoms with van der Waals surface area (Å²) in [5.74, 6) is 0.467. The molecule has 0 saturated carbocycles. The van der Waals surface area contributed by atoms with Crippen molar-refractivity contribution in [2.24, 2.45) is 0 Å². The third-order valence-electron chi connectivity index (χ3n) is 3.98. The Bertz CT molecular complexity index is 728. The molecule has 1 unspecified atom stereocenters. The fourth-order valence-corrected chi connectivity index (χ4v) is 4.64. The molecule has 1 aromatic heterocycles. The summed E-state index contributed by atoms with van der Waals surface area (Å²) in [5.41, 5.74) is 1.12. The van der Waals surface area contributed by atoms with Gasteiger partial charge in [-0.2, -0.15) is 0 Å². The first kappa shape index (κ1) is 20.0. The van der Waals surface area contributed by atoms with Crippen molar-refractivity contribution >= 4 is 52.2 Å². The molecule has 2 heterocycles. The molecule has 0 spiro atoms. The van der Waals surface area contributed by atoms with Crippen LogP contribution in [0.15, 0.2) is 39.9 Å². The third-order valence-corrected chi connectivity index (χ3v) is 6.85. The minimum atomic E-state index is 0.00205. The van der Waals surface area contributed by atoms with Gasteiger partial charge in [-0.1, -0.05) is 35.3 Å². The first-order valence-electron chi connectivity index (χ1n) is 8.31. The highest BCUT2D eigenvalue weighted by Crippen LogP contribution is 2.24. The van der Waals surface area contributed by atoms with Crippen molar-refractivity contribution in [1.82, 2.24) is 10.2 Å². The van der Waals surface area contributed by atoms with E-state index in [1.165, 1.54) is 0 Å². The predicted octanol–water partition coefficient (Wildman–Crippen LogP) is 4.16. The molecule has 1 N–H and O–H groups in total. The Morgan fingerprint density at radius 2 is 2.23 bits per heavy atom. The maximum atomic E-state index is 12.0. The van der Waals surface area contributed by atoms with E-state index in [0.29, 0.717) is 28.9 Å². The highest BCUT2D eigenvalue weighted by atomic mass is 35.5. The molecule has 1 atom stereocenters. The number of thiophene rings is 1. The van der Waals surface area contributed by atoms with Crippen molar-refractivity contribution in [1.29, 1.82) is 0 Å². The van der Waals surface area contributed by atoms with Gasteiger partial charge in [0.25, 0.3) is 0 Å². The molecule has 1 aliphatic rings. The molecule has 4 nitrogen and oxygen atoms in total. The Morgan fingerprint density at radius 1 is 1.35 bits per heavy atom. The van der Waals surface area contributed by atoms with Crippen LogP contribution in [0.2, 0.25) is 10.0 Å². The Morgan fingerprint density at radius 3 is 3.00 bits per heavy atom. The van der Waals surface area contributed by atoms with Crippen LogP contribution in [0.1, 0.15) is 5.56 Å². The van der Waals surface area contributed by atoms with Gasteiger partial charge in [-0.05, 0) is 29.1 Å². The van der Waals surface area contributed by atoms with Crippen molar-refractivity contribution in [3.63, 3.8) is 0 Å². The molecule has 2 aromatic rings. The summed E-state index contributed by atoms with van der Waals surface area (Å²) in [5, 5.41) is 6.12. The molecular formula is C18H20Cl2N2O2S2. The fraction of sp³-hybridized carbons (Fsp3) is 0.389. The number of rotatable bonds is 7. The van der Waals surface area contributed by atoms with Gasteiger partial charge in [0.15, 0.2) is 0 Å². The van der Waals surface area contributed by atoms with Crippen LogP contribution in [0.25, 0.3) is 0 Å². The van der Waals surface area contributed by atoms with E-state index in [-0.39, 0.29) is 12.0 Å². The van der Waals surface area contributed by atoms with Crippen LogP contribution in [0.4, 0.5) is 0 Å². The van der Waals surface area contributed by atoms with Gasteiger partial charge in [-0.3, -0.25) is 9.69 Å². The monoisotopic (exact) mass is 430 g/mol. The van der Waals surface area contributed by atoms with Gasteiger partial charge in [-0.25, -0.2) is 0 Å². The molecule has 140 valence electrons. The number of carbonyl (C=O) groups is 1. The molecule has 0 radical (unpaired) electrons. The van der Waals surface area contributed by atoms with E-state index in [1.54, 1.807) is 23.1 Å². The van der Waals surface area contributed by atoms with Crippen molar-refractivity contribution in [2.75, 3.05) is 32.0 Å². The second-order valence-corrected chi connectivity index (χ2v) is 9.04. The summed E-state index contributed by atoms with van der Waals surface area (Å²) >= 11 is 15.3. The predicted molar refractivity (Wildman–Crippen MR) is 110 cm³/mol. The average molecular weight is 431 g/mol. The van der Waals surface area contributed by atoms with E-state index < -0.39 is 0 Å². The maximum Gasteiger partial charge on any atom is 0.230 e. The number of carbonyl (C=O) groups excluding carboxylic acids is 1. The minimum Gasteiger partial charge on any atom is -0.374 e. The van der Waals surface area contributed by atoms with Crippen LogP contribution < -0.4 is 5.32 Å². The molecule has 1 amide bonds. The standard InChI is InChI=1S/C18H20Cl2N2O2S2/c19-15-4-3-13(8-16(15)20)10-22-5-6-24-14(11-22)9-21-17(23)12-26-18-2-1-7-25-18/h1-4,7-8,14H,5-6,9-12H2,(H,21,23). The van der Waals surface area contributed by atoms with Gasteiger partial charge in [0, 0.05) is 26.2 Å². The van der Waals surface area contributed by atoms with Crippen LogP contribution in [0.5, 0.6) is 0 Å². The number of nitrogens with zero attached hydrogens (tertiary/aromatic N) is 1. The number of nitrogens with one attached hydrogen (secondary N) is 1. The lowest BCUT2D eigenvalue weighted by Gasteiger charge is -2.33. The van der Waals surface area contributed by atoms with Crippen LogP contribution in [-0.4, -0.2) is 48.9 Å². The number of benzene rings is 1. The van der Waals surface area contributed by atoms with Crippen LogP contribution in [0, 0.1) is 0 Å². The molecule has 1 aliphatic heterocycles. The number of halogens is 2. The second-order valence-electron chi connectivity index (χ2n) is 6.00. The van der Waals surface area contributed by atoms with Gasteiger partial charge in [-0.15, -0.1) is 23.1 Å². The fourth-order valence-electron chi connectivity index (χ4n) is 2.70. The topological polar surface area (TPSA) is 41.6 Å². The second kappa shape index (κ2) is 9.97. The SMILES string of the molecule is O=C(CSc1cccs1)NCC1CN(Cc2ccc(Cl)c(Cl)c2)CCO1. The Hall–Kier alpha value is -0.760. The van der Waals surface area contributed by atoms with E-state index in [1.807, 2.05) is 35.7 Å². The largest absolute Gasteiger partial charge is 0.374 e. The molecular weight excluding hydrogens is 411 g/mol. The summed E-state index contributed by atoms with van der Waals surface area (Å²) < 4.78 is 6.94. The molecule has 0 aliphatic carbocycles. The molecule has 26 heavy (non-hydrogen) atoms. The first-order chi connectivity index (χ1) is 12.6. The zero-order chi connectivity index (χ0) is 18.4. The summed E-state index contributed by atoms with van der Waals surface area (Å²) in [7, 11) is 0. The zero-order valence-corrected chi connectivity index (χ0v) is 17.3. The van der Waals surface area contributed by atoms with Crippen molar-refractivity contribution in [2.45, 2.75) is 16.9 Å². The highest BCUT2D eigenvalue weighted by molar-refractivity contribution is 8.01. The number of hydrogen-bond acceptors (Lipinski definition) is 5. The molecule has 1 aromatic carbocycles. The molecule has 1 saturated heterocycles. The van der Waals surface area contributed by atoms with Gasteiger partial charge in [0.05, 0.1) is 32.7 Å². The molecule has 0 bridgehead atoms. The maximum absolute atomic E-state index is 12.0. The number of morpholine rings is 1. The Kier molecular flexibility index (Phi) is 7.66. The number of amides is 1. The number of hydrogen-bond donors (Lipinski definition) is 1. The lowest BCUT2D eigenvalue weighted by molar-refractivity contribution is -0.119. The lowest BCUT2D eigenvalue weighted by Crippen LogP contribution is -2.47. The van der Waals surface area contributed by atoms with E-state index in [4.69, 9.17) is 27.9 Å². The van der Waals surface area contributed by atoms with Crippen LogP contribution >= 0.6 is 46.3 Å². The smallest absolute Gasteiger partial charge is 0.230 e.